The Morgan fingerprint density at radius 3 is 2.38 bits per heavy atom. The SMILES string of the molecule is Cn1nc(C(=O)NCC(O)c2ccccc2)c(F)c1NC(=O)Cc1ccccc1. The second kappa shape index (κ2) is 9.11. The van der Waals surface area contributed by atoms with Gasteiger partial charge in [-0.1, -0.05) is 60.7 Å². The van der Waals surface area contributed by atoms with Crippen molar-refractivity contribution < 1.29 is 19.1 Å². The van der Waals surface area contributed by atoms with Crippen LogP contribution in [0.15, 0.2) is 60.7 Å². The predicted octanol–water partition coefficient (Wildman–Crippen LogP) is 2.20. The van der Waals surface area contributed by atoms with Crippen molar-refractivity contribution in [2.75, 3.05) is 11.9 Å². The summed E-state index contributed by atoms with van der Waals surface area (Å²) in [6.45, 7) is -0.103. The molecule has 0 bridgehead atoms. The highest BCUT2D eigenvalue weighted by Gasteiger charge is 2.24. The van der Waals surface area contributed by atoms with Crippen LogP contribution in [0.5, 0.6) is 0 Å². The van der Waals surface area contributed by atoms with Crippen LogP contribution in [0.2, 0.25) is 0 Å². The first-order valence-corrected chi connectivity index (χ1v) is 9.03. The molecule has 150 valence electrons. The average Bonchev–Trinajstić information content (AvgIpc) is 3.01. The largest absolute Gasteiger partial charge is 0.387 e. The minimum absolute atomic E-state index is 0.0657. The first kappa shape index (κ1) is 20.2. The van der Waals surface area contributed by atoms with Gasteiger partial charge in [0.1, 0.15) is 0 Å². The number of rotatable bonds is 7. The van der Waals surface area contributed by atoms with Gasteiger partial charge in [-0.15, -0.1) is 0 Å². The van der Waals surface area contributed by atoms with Crippen LogP contribution in [-0.2, 0) is 18.3 Å². The van der Waals surface area contributed by atoms with Gasteiger partial charge >= 0.3 is 0 Å². The summed E-state index contributed by atoms with van der Waals surface area (Å²) < 4.78 is 15.8. The van der Waals surface area contributed by atoms with Crippen molar-refractivity contribution in [2.45, 2.75) is 12.5 Å². The van der Waals surface area contributed by atoms with Crippen LogP contribution in [-0.4, -0.2) is 33.2 Å². The number of nitrogens with one attached hydrogen (secondary N) is 2. The van der Waals surface area contributed by atoms with Gasteiger partial charge in [0.15, 0.2) is 17.3 Å². The maximum absolute atomic E-state index is 14.7. The molecule has 2 amide bonds. The zero-order valence-electron chi connectivity index (χ0n) is 15.8. The molecule has 1 atom stereocenters. The lowest BCUT2D eigenvalue weighted by Gasteiger charge is -2.11. The number of carbonyl (C=O) groups is 2. The standard InChI is InChI=1S/C21H21FN4O3/c1-26-20(24-17(28)12-14-8-4-2-5-9-14)18(22)19(25-26)21(29)23-13-16(27)15-10-6-3-7-11-15/h2-11,16,27H,12-13H2,1H3,(H,23,29)(H,24,28). The van der Waals surface area contributed by atoms with Crippen LogP contribution in [0.25, 0.3) is 0 Å². The molecule has 8 heteroatoms. The van der Waals surface area contributed by atoms with E-state index in [4.69, 9.17) is 0 Å². The summed E-state index contributed by atoms with van der Waals surface area (Å²) in [6, 6.07) is 17.8. The monoisotopic (exact) mass is 396 g/mol. The molecule has 0 radical (unpaired) electrons. The van der Waals surface area contributed by atoms with Crippen molar-refractivity contribution in [2.24, 2.45) is 7.05 Å². The van der Waals surface area contributed by atoms with E-state index in [-0.39, 0.29) is 18.8 Å². The summed E-state index contributed by atoms with van der Waals surface area (Å²) in [5.41, 5.74) is 0.950. The average molecular weight is 396 g/mol. The van der Waals surface area contributed by atoms with Gasteiger partial charge in [-0.3, -0.25) is 9.59 Å². The van der Waals surface area contributed by atoms with Crippen molar-refractivity contribution >= 4 is 17.6 Å². The van der Waals surface area contributed by atoms with E-state index in [2.05, 4.69) is 15.7 Å². The summed E-state index contributed by atoms with van der Waals surface area (Å²) in [6.07, 6.45) is -0.868. The topological polar surface area (TPSA) is 96.2 Å². The molecular weight excluding hydrogens is 375 g/mol. The molecule has 0 saturated carbocycles. The van der Waals surface area contributed by atoms with Gasteiger partial charge in [0.25, 0.3) is 5.91 Å². The van der Waals surface area contributed by atoms with Crippen molar-refractivity contribution in [1.29, 1.82) is 0 Å². The molecule has 0 saturated heterocycles. The van der Waals surface area contributed by atoms with Crippen LogP contribution in [0.4, 0.5) is 10.2 Å². The van der Waals surface area contributed by atoms with Gasteiger partial charge in [0.05, 0.1) is 12.5 Å². The quantitative estimate of drug-likeness (QED) is 0.571. The van der Waals surface area contributed by atoms with E-state index in [9.17, 15) is 19.1 Å². The summed E-state index contributed by atoms with van der Waals surface area (Å²) in [5.74, 6) is -2.33. The number of aryl methyl sites for hydroxylation is 1. The van der Waals surface area contributed by atoms with E-state index >= 15 is 0 Å². The van der Waals surface area contributed by atoms with Gasteiger partial charge in [0, 0.05) is 13.6 Å². The zero-order valence-corrected chi connectivity index (χ0v) is 15.8. The molecule has 0 spiro atoms. The number of anilines is 1. The van der Waals surface area contributed by atoms with Crippen LogP contribution in [0, 0.1) is 5.82 Å². The van der Waals surface area contributed by atoms with Gasteiger partial charge in [-0.05, 0) is 11.1 Å². The van der Waals surface area contributed by atoms with Crippen molar-refractivity contribution in [3.8, 4) is 0 Å². The lowest BCUT2D eigenvalue weighted by atomic mass is 10.1. The van der Waals surface area contributed by atoms with E-state index in [0.29, 0.717) is 5.56 Å². The molecule has 0 aliphatic carbocycles. The van der Waals surface area contributed by atoms with Gasteiger partial charge in [-0.2, -0.15) is 5.10 Å². The number of nitrogens with zero attached hydrogens (tertiary/aromatic N) is 2. The lowest BCUT2D eigenvalue weighted by molar-refractivity contribution is -0.115. The van der Waals surface area contributed by atoms with Crippen LogP contribution in [0.1, 0.15) is 27.7 Å². The number of amides is 2. The Morgan fingerprint density at radius 1 is 1.10 bits per heavy atom. The fraction of sp³-hybridized carbons (Fsp3) is 0.190. The lowest BCUT2D eigenvalue weighted by Crippen LogP contribution is -2.29. The van der Waals surface area contributed by atoms with Crippen molar-refractivity contribution in [1.82, 2.24) is 15.1 Å². The molecule has 29 heavy (non-hydrogen) atoms. The van der Waals surface area contributed by atoms with E-state index in [0.717, 1.165) is 10.2 Å². The highest BCUT2D eigenvalue weighted by atomic mass is 19.1. The predicted molar refractivity (Wildman–Crippen MR) is 106 cm³/mol. The Kier molecular flexibility index (Phi) is 6.36. The molecular formula is C21H21FN4O3. The number of hydrogen-bond acceptors (Lipinski definition) is 4. The molecule has 7 nitrogen and oxygen atoms in total. The third kappa shape index (κ3) is 5.05. The first-order valence-electron chi connectivity index (χ1n) is 9.03. The molecule has 3 rings (SSSR count). The molecule has 1 aromatic heterocycles. The van der Waals surface area contributed by atoms with E-state index in [1.165, 1.54) is 7.05 Å². The molecule has 0 aliphatic rings. The Bertz CT molecular complexity index is 990. The van der Waals surface area contributed by atoms with Crippen LogP contribution >= 0.6 is 0 Å². The minimum atomic E-state index is -0.933. The number of carbonyl (C=O) groups excluding carboxylic acids is 2. The first-order chi connectivity index (χ1) is 14.0. The third-order valence-electron chi connectivity index (χ3n) is 4.31. The number of aromatic nitrogens is 2. The van der Waals surface area contributed by atoms with E-state index < -0.39 is 29.4 Å². The normalized spacial score (nSPS) is 11.7. The number of aliphatic hydroxyl groups excluding tert-OH is 1. The summed E-state index contributed by atoms with van der Waals surface area (Å²) in [5, 5.41) is 18.9. The van der Waals surface area contributed by atoms with E-state index in [1.54, 1.807) is 48.5 Å². The molecule has 2 aromatic carbocycles. The highest BCUT2D eigenvalue weighted by molar-refractivity contribution is 5.96. The Balaban J connectivity index is 1.63. The van der Waals surface area contributed by atoms with Crippen LogP contribution < -0.4 is 10.6 Å². The van der Waals surface area contributed by atoms with Crippen LogP contribution in [0.3, 0.4) is 0 Å². The molecule has 3 aromatic rings. The van der Waals surface area contributed by atoms with Crippen molar-refractivity contribution in [3.63, 3.8) is 0 Å². The molecule has 3 N–H and O–H groups in total. The maximum Gasteiger partial charge on any atom is 0.275 e. The summed E-state index contributed by atoms with van der Waals surface area (Å²) in [7, 11) is 1.43. The van der Waals surface area contributed by atoms with Gasteiger partial charge in [-0.25, -0.2) is 9.07 Å². The Morgan fingerprint density at radius 2 is 1.72 bits per heavy atom. The number of aliphatic hydroxyl groups is 1. The molecule has 0 fully saturated rings. The van der Waals surface area contributed by atoms with Crippen molar-refractivity contribution in [3.05, 3.63) is 83.3 Å². The second-order valence-electron chi connectivity index (χ2n) is 6.48. The fourth-order valence-corrected chi connectivity index (χ4v) is 2.80. The zero-order chi connectivity index (χ0) is 20.8. The van der Waals surface area contributed by atoms with E-state index in [1.807, 2.05) is 12.1 Å². The molecule has 0 aliphatic heterocycles. The van der Waals surface area contributed by atoms with Gasteiger partial charge < -0.3 is 15.7 Å². The summed E-state index contributed by atoms with van der Waals surface area (Å²) in [4.78, 5) is 24.5. The fourth-order valence-electron chi connectivity index (χ4n) is 2.80. The highest BCUT2D eigenvalue weighted by Crippen LogP contribution is 2.18. The molecule has 1 unspecified atom stereocenters. The minimum Gasteiger partial charge on any atom is -0.387 e. The Labute approximate surface area is 167 Å². The smallest absolute Gasteiger partial charge is 0.275 e. The molecule has 1 heterocycles. The number of halogens is 1. The van der Waals surface area contributed by atoms with Gasteiger partial charge in [0.2, 0.25) is 5.91 Å². The summed E-state index contributed by atoms with van der Waals surface area (Å²) >= 11 is 0. The number of hydrogen-bond donors (Lipinski definition) is 3. The second-order valence-corrected chi connectivity index (χ2v) is 6.48. The maximum atomic E-state index is 14.7. The number of benzene rings is 2. The Hall–Kier alpha value is -3.52. The third-order valence-corrected chi connectivity index (χ3v) is 4.31.